The molecule has 5 nitrogen and oxygen atoms in total. The van der Waals surface area contributed by atoms with Crippen LogP contribution < -0.4 is 5.69 Å². The Morgan fingerprint density at radius 2 is 1.32 bits per heavy atom. The summed E-state index contributed by atoms with van der Waals surface area (Å²) in [7, 11) is 0. The van der Waals surface area contributed by atoms with E-state index in [9.17, 15) is 4.79 Å². The molecular formula is C38H26N4OS. The molecule has 0 aliphatic heterocycles. The summed E-state index contributed by atoms with van der Waals surface area (Å²) >= 11 is 1.52. The third-order valence-corrected chi connectivity index (χ3v) is 10.1. The highest BCUT2D eigenvalue weighted by atomic mass is 32.1. The van der Waals surface area contributed by atoms with E-state index in [1.54, 1.807) is 4.40 Å². The van der Waals surface area contributed by atoms with Crippen LogP contribution in [0.4, 0.5) is 0 Å². The quantitative estimate of drug-likeness (QED) is 0.208. The molecule has 0 atom stereocenters. The van der Waals surface area contributed by atoms with Crippen LogP contribution in [0.25, 0.3) is 65.5 Å². The van der Waals surface area contributed by atoms with Crippen molar-refractivity contribution in [2.45, 2.75) is 19.3 Å². The summed E-state index contributed by atoms with van der Waals surface area (Å²) in [5, 5.41) is 3.30. The van der Waals surface area contributed by atoms with Gasteiger partial charge >= 0.3 is 5.69 Å². The number of thiazole rings is 1. The Balaban J connectivity index is 1.41. The van der Waals surface area contributed by atoms with Gasteiger partial charge in [0.2, 0.25) is 4.96 Å². The first-order valence-corrected chi connectivity index (χ1v) is 15.5. The van der Waals surface area contributed by atoms with Crippen LogP contribution in [0, 0.1) is 0 Å². The molecule has 0 N–H and O–H groups in total. The molecule has 44 heavy (non-hydrogen) atoms. The van der Waals surface area contributed by atoms with Crippen molar-refractivity contribution in [3.63, 3.8) is 0 Å². The molecule has 5 aromatic carbocycles. The predicted octanol–water partition coefficient (Wildman–Crippen LogP) is 8.89. The SMILES string of the molecule is CC1(C)c2ccccc2-c2cc3c4ccccc4n(-c4sc5nc(-c6ccccc6)nc(=O)n5c4-c4ccccc4)c3cc21. The van der Waals surface area contributed by atoms with E-state index in [-0.39, 0.29) is 11.1 Å². The van der Waals surface area contributed by atoms with E-state index in [4.69, 9.17) is 4.98 Å². The van der Waals surface area contributed by atoms with Crippen molar-refractivity contribution in [3.05, 3.63) is 143 Å². The highest BCUT2D eigenvalue weighted by Crippen LogP contribution is 2.51. The summed E-state index contributed by atoms with van der Waals surface area (Å²) in [6.07, 6.45) is 0. The number of hydrogen-bond acceptors (Lipinski definition) is 4. The van der Waals surface area contributed by atoms with Crippen molar-refractivity contribution < 1.29 is 0 Å². The van der Waals surface area contributed by atoms with Crippen molar-refractivity contribution in [2.75, 3.05) is 0 Å². The van der Waals surface area contributed by atoms with E-state index in [1.807, 2.05) is 60.7 Å². The Morgan fingerprint density at radius 3 is 2.11 bits per heavy atom. The maximum Gasteiger partial charge on any atom is 0.356 e. The molecule has 0 radical (unpaired) electrons. The van der Waals surface area contributed by atoms with E-state index < -0.39 is 0 Å². The lowest BCUT2D eigenvalue weighted by atomic mass is 9.82. The largest absolute Gasteiger partial charge is 0.356 e. The average molecular weight is 587 g/mol. The monoisotopic (exact) mass is 586 g/mol. The Labute approximate surface area is 257 Å². The van der Waals surface area contributed by atoms with Gasteiger partial charge in [0.15, 0.2) is 5.82 Å². The summed E-state index contributed by atoms with van der Waals surface area (Å²) in [5.74, 6) is 0.433. The van der Waals surface area contributed by atoms with Crippen molar-refractivity contribution in [3.8, 4) is 38.8 Å². The minimum absolute atomic E-state index is 0.142. The Kier molecular flexibility index (Phi) is 5.20. The van der Waals surface area contributed by atoms with E-state index in [0.717, 1.165) is 32.9 Å². The number of hydrogen-bond donors (Lipinski definition) is 0. The van der Waals surface area contributed by atoms with Crippen LogP contribution in [0.5, 0.6) is 0 Å². The van der Waals surface area contributed by atoms with E-state index in [0.29, 0.717) is 10.8 Å². The first kappa shape index (κ1) is 25.2. The van der Waals surface area contributed by atoms with Crippen LogP contribution in [-0.2, 0) is 5.41 Å². The number of benzene rings is 5. The van der Waals surface area contributed by atoms with Crippen molar-refractivity contribution in [1.29, 1.82) is 0 Å². The lowest BCUT2D eigenvalue weighted by Crippen LogP contribution is -2.19. The fourth-order valence-corrected chi connectivity index (χ4v) is 8.14. The fourth-order valence-electron chi connectivity index (χ4n) is 6.98. The van der Waals surface area contributed by atoms with Gasteiger partial charge in [0.05, 0.1) is 16.7 Å². The summed E-state index contributed by atoms with van der Waals surface area (Å²) in [6.45, 7) is 4.62. The molecular weight excluding hydrogens is 561 g/mol. The van der Waals surface area contributed by atoms with Gasteiger partial charge in [0, 0.05) is 27.3 Å². The third-order valence-electron chi connectivity index (χ3n) is 9.06. The Hall–Kier alpha value is -5.33. The minimum Gasteiger partial charge on any atom is -0.299 e. The van der Waals surface area contributed by atoms with E-state index >= 15 is 0 Å². The molecule has 0 unspecified atom stereocenters. The molecule has 210 valence electrons. The average Bonchev–Trinajstić information content (AvgIpc) is 3.67. The van der Waals surface area contributed by atoms with Crippen molar-refractivity contribution >= 4 is 38.1 Å². The summed E-state index contributed by atoms with van der Waals surface area (Å²) in [5.41, 5.74) is 9.50. The van der Waals surface area contributed by atoms with Gasteiger partial charge in [-0.1, -0.05) is 128 Å². The Bertz CT molecular complexity index is 2490. The Morgan fingerprint density at radius 1 is 0.636 bits per heavy atom. The normalized spacial score (nSPS) is 13.5. The molecule has 1 aliphatic carbocycles. The highest BCUT2D eigenvalue weighted by molar-refractivity contribution is 7.20. The molecule has 0 saturated carbocycles. The molecule has 6 heteroatoms. The standard InChI is InChI=1S/C38H26N4OS/c1-38(2)29-19-11-9-17-25(29)27-21-28-26-18-10-12-20-31(26)41(32(28)22-30(27)38)35-33(23-13-5-3-6-14-23)42-36(43)39-34(40-37(42)44-35)24-15-7-4-8-16-24/h3-22H,1-2H3. The smallest absolute Gasteiger partial charge is 0.299 e. The van der Waals surface area contributed by atoms with Crippen LogP contribution in [0.3, 0.4) is 0 Å². The molecule has 8 aromatic rings. The van der Waals surface area contributed by atoms with Gasteiger partial charge in [-0.05, 0) is 40.5 Å². The van der Waals surface area contributed by atoms with E-state index in [2.05, 4.69) is 84.1 Å². The fraction of sp³-hybridized carbons (Fsp3) is 0.0789. The molecule has 3 heterocycles. The second-order valence-corrected chi connectivity index (χ2v) is 12.8. The predicted molar refractivity (Wildman–Crippen MR) is 180 cm³/mol. The number of rotatable bonds is 3. The van der Waals surface area contributed by atoms with Crippen LogP contribution in [0.1, 0.15) is 25.0 Å². The van der Waals surface area contributed by atoms with Gasteiger partial charge in [-0.15, -0.1) is 0 Å². The molecule has 0 saturated heterocycles. The molecule has 0 spiro atoms. The molecule has 0 amide bonds. The molecule has 1 aliphatic rings. The number of para-hydroxylation sites is 1. The van der Waals surface area contributed by atoms with Crippen LogP contribution in [0.15, 0.2) is 126 Å². The van der Waals surface area contributed by atoms with Crippen LogP contribution in [-0.4, -0.2) is 18.9 Å². The lowest BCUT2D eigenvalue weighted by Gasteiger charge is -2.21. The van der Waals surface area contributed by atoms with Gasteiger partial charge in [-0.3, -0.25) is 4.57 Å². The third kappa shape index (κ3) is 3.43. The van der Waals surface area contributed by atoms with Gasteiger partial charge < -0.3 is 0 Å². The second kappa shape index (κ2) is 9.09. The zero-order valence-corrected chi connectivity index (χ0v) is 25.0. The molecule has 3 aromatic heterocycles. The molecule has 0 bridgehead atoms. The number of fused-ring (bicyclic) bond motifs is 7. The number of nitrogens with zero attached hydrogens (tertiary/aromatic N) is 4. The zero-order chi connectivity index (χ0) is 29.6. The van der Waals surface area contributed by atoms with Crippen molar-refractivity contribution in [2.24, 2.45) is 0 Å². The molecule has 9 rings (SSSR count). The molecule has 0 fully saturated rings. The highest BCUT2D eigenvalue weighted by Gasteiger charge is 2.36. The van der Waals surface area contributed by atoms with Gasteiger partial charge in [0.25, 0.3) is 0 Å². The second-order valence-electron chi connectivity index (χ2n) is 11.9. The first-order valence-electron chi connectivity index (χ1n) is 14.7. The maximum absolute atomic E-state index is 13.9. The van der Waals surface area contributed by atoms with Crippen LogP contribution in [0.2, 0.25) is 0 Å². The van der Waals surface area contributed by atoms with Gasteiger partial charge in [0.1, 0.15) is 5.00 Å². The topological polar surface area (TPSA) is 52.2 Å². The van der Waals surface area contributed by atoms with E-state index in [1.165, 1.54) is 44.4 Å². The van der Waals surface area contributed by atoms with Crippen LogP contribution >= 0.6 is 11.3 Å². The zero-order valence-electron chi connectivity index (χ0n) is 24.2. The minimum atomic E-state index is -0.339. The lowest BCUT2D eigenvalue weighted by molar-refractivity contribution is 0.661. The summed E-state index contributed by atoms with van der Waals surface area (Å²) < 4.78 is 4.00. The summed E-state index contributed by atoms with van der Waals surface area (Å²) in [4.78, 5) is 23.9. The number of aromatic nitrogens is 4. The first-order chi connectivity index (χ1) is 21.5. The van der Waals surface area contributed by atoms with Gasteiger partial charge in [-0.25, -0.2) is 9.20 Å². The summed E-state index contributed by atoms with van der Waals surface area (Å²) in [6, 6.07) is 41.8. The van der Waals surface area contributed by atoms with Crippen molar-refractivity contribution in [1.82, 2.24) is 18.9 Å². The maximum atomic E-state index is 13.9. The van der Waals surface area contributed by atoms with Gasteiger partial charge in [-0.2, -0.15) is 9.97 Å².